The molecular formula is C15H23ClN4O. The first-order valence-corrected chi connectivity index (χ1v) is 8.19. The van der Waals surface area contributed by atoms with Gasteiger partial charge in [-0.2, -0.15) is 5.10 Å². The van der Waals surface area contributed by atoms with Crippen LogP contribution in [0.1, 0.15) is 37.7 Å². The molecule has 2 aromatic rings. The van der Waals surface area contributed by atoms with Gasteiger partial charge in [0.1, 0.15) is 11.3 Å². The summed E-state index contributed by atoms with van der Waals surface area (Å²) in [6, 6.07) is 0. The molecule has 5 nitrogen and oxygen atoms in total. The molecule has 0 aromatic carbocycles. The maximum Gasteiger partial charge on any atom is 0.158 e. The molecular weight excluding hydrogens is 288 g/mol. The van der Waals surface area contributed by atoms with Crippen LogP contribution in [0.15, 0.2) is 0 Å². The molecule has 2 aromatic heterocycles. The lowest BCUT2D eigenvalue weighted by Crippen LogP contribution is -2.43. The number of hydrogen-bond acceptors (Lipinski definition) is 3. The second-order valence-corrected chi connectivity index (χ2v) is 6.27. The summed E-state index contributed by atoms with van der Waals surface area (Å²) < 4.78 is 10.0. The molecule has 0 aliphatic heterocycles. The number of imidazole rings is 1. The van der Waals surface area contributed by atoms with Crippen LogP contribution in [0, 0.1) is 0 Å². The number of halogens is 1. The maximum atomic E-state index is 5.96. The van der Waals surface area contributed by atoms with E-state index in [0.29, 0.717) is 5.88 Å². The number of rotatable bonds is 6. The van der Waals surface area contributed by atoms with Gasteiger partial charge in [-0.05, 0) is 25.7 Å². The van der Waals surface area contributed by atoms with E-state index >= 15 is 0 Å². The Morgan fingerprint density at radius 2 is 2.14 bits per heavy atom. The highest BCUT2D eigenvalue weighted by Gasteiger charge is 2.38. The Balaban J connectivity index is 2.09. The predicted molar refractivity (Wildman–Crippen MR) is 83.9 cm³/mol. The molecule has 6 heteroatoms. The van der Waals surface area contributed by atoms with Crippen molar-refractivity contribution < 1.29 is 4.74 Å². The van der Waals surface area contributed by atoms with E-state index in [4.69, 9.17) is 21.3 Å². The van der Waals surface area contributed by atoms with E-state index in [1.165, 1.54) is 6.42 Å². The lowest BCUT2D eigenvalue weighted by molar-refractivity contribution is -0.0833. The zero-order valence-electron chi connectivity index (χ0n) is 13.0. The van der Waals surface area contributed by atoms with Crippen molar-refractivity contribution in [2.75, 3.05) is 13.0 Å². The summed E-state index contributed by atoms with van der Waals surface area (Å²) in [7, 11) is 3.81. The van der Waals surface area contributed by atoms with Crippen molar-refractivity contribution in [3.05, 3.63) is 11.5 Å². The van der Waals surface area contributed by atoms with Gasteiger partial charge in [0.25, 0.3) is 0 Å². The lowest BCUT2D eigenvalue weighted by Gasteiger charge is -2.41. The highest BCUT2D eigenvalue weighted by atomic mass is 35.5. The Morgan fingerprint density at radius 1 is 1.38 bits per heavy atom. The highest BCUT2D eigenvalue weighted by Crippen LogP contribution is 2.37. The third-order valence-electron chi connectivity index (χ3n) is 4.67. The molecule has 2 heterocycles. The van der Waals surface area contributed by atoms with Gasteiger partial charge in [-0.15, -0.1) is 11.6 Å². The van der Waals surface area contributed by atoms with E-state index in [1.807, 2.05) is 18.8 Å². The fraction of sp³-hybridized carbons (Fsp3) is 0.733. The van der Waals surface area contributed by atoms with Crippen LogP contribution in [0.3, 0.4) is 0 Å². The minimum atomic E-state index is -0.0364. The summed E-state index contributed by atoms with van der Waals surface area (Å²) >= 11 is 5.96. The van der Waals surface area contributed by atoms with Gasteiger partial charge >= 0.3 is 0 Å². The average molecular weight is 311 g/mol. The molecule has 0 radical (unpaired) electrons. The Kier molecular flexibility index (Phi) is 3.97. The van der Waals surface area contributed by atoms with Gasteiger partial charge in [0.15, 0.2) is 5.65 Å². The number of fused-ring (bicyclic) bond motifs is 1. The second-order valence-electron chi connectivity index (χ2n) is 5.89. The van der Waals surface area contributed by atoms with E-state index in [1.54, 1.807) is 0 Å². The van der Waals surface area contributed by atoms with Crippen LogP contribution in [0.4, 0.5) is 0 Å². The monoisotopic (exact) mass is 310 g/mol. The first kappa shape index (κ1) is 14.9. The summed E-state index contributed by atoms with van der Waals surface area (Å²) in [6.45, 7) is 2.96. The SMILES string of the molecule is CCc1nn(C)c2c1nc(CCCl)n2CC1(OC)CCC1. The van der Waals surface area contributed by atoms with Crippen LogP contribution in [0.25, 0.3) is 11.2 Å². The van der Waals surface area contributed by atoms with Crippen molar-refractivity contribution >= 4 is 22.8 Å². The third-order valence-corrected chi connectivity index (χ3v) is 4.86. The normalized spacial score (nSPS) is 17.3. The van der Waals surface area contributed by atoms with Crippen LogP contribution in [-0.2, 0) is 31.2 Å². The van der Waals surface area contributed by atoms with Crippen LogP contribution in [0.2, 0.25) is 0 Å². The zero-order valence-corrected chi connectivity index (χ0v) is 13.8. The largest absolute Gasteiger partial charge is 0.376 e. The van der Waals surface area contributed by atoms with Gasteiger partial charge in [-0.1, -0.05) is 6.92 Å². The topological polar surface area (TPSA) is 44.9 Å². The second kappa shape index (κ2) is 5.61. The van der Waals surface area contributed by atoms with Crippen molar-refractivity contribution in [1.82, 2.24) is 19.3 Å². The van der Waals surface area contributed by atoms with Crippen LogP contribution in [-0.4, -0.2) is 37.9 Å². The summed E-state index contributed by atoms with van der Waals surface area (Å²) in [5.74, 6) is 1.63. The molecule has 1 aliphatic carbocycles. The van der Waals surface area contributed by atoms with Crippen molar-refractivity contribution in [2.45, 2.75) is 51.2 Å². The standard InChI is InChI=1S/C15H23ClN4O/c1-4-11-13-14(19(2)18-11)20(12(17-13)6-9-16)10-15(21-3)7-5-8-15/h4-10H2,1-3H3. The van der Waals surface area contributed by atoms with E-state index in [0.717, 1.165) is 54.9 Å². The van der Waals surface area contributed by atoms with Crippen molar-refractivity contribution in [3.63, 3.8) is 0 Å². The van der Waals surface area contributed by atoms with E-state index in [-0.39, 0.29) is 5.60 Å². The fourth-order valence-electron chi connectivity index (χ4n) is 3.25. The lowest BCUT2D eigenvalue weighted by atomic mass is 9.80. The molecule has 1 fully saturated rings. The summed E-state index contributed by atoms with van der Waals surface area (Å²) in [4.78, 5) is 4.81. The number of hydrogen-bond donors (Lipinski definition) is 0. The molecule has 1 saturated carbocycles. The van der Waals surface area contributed by atoms with Gasteiger partial charge in [0.2, 0.25) is 0 Å². The Morgan fingerprint density at radius 3 is 2.67 bits per heavy atom. The Bertz CT molecular complexity index is 636. The summed E-state index contributed by atoms with van der Waals surface area (Å²) in [5, 5.41) is 4.59. The molecule has 0 N–H and O–H groups in total. The highest BCUT2D eigenvalue weighted by molar-refractivity contribution is 6.17. The number of aryl methyl sites for hydroxylation is 3. The predicted octanol–water partition coefficient (Wildman–Crippen LogP) is 2.68. The van der Waals surface area contributed by atoms with E-state index in [2.05, 4.69) is 16.6 Å². The number of methoxy groups -OCH3 is 1. The Labute approximate surface area is 130 Å². The maximum absolute atomic E-state index is 5.96. The number of ether oxygens (including phenoxy) is 1. The number of alkyl halides is 1. The number of nitrogens with zero attached hydrogens (tertiary/aromatic N) is 4. The smallest absolute Gasteiger partial charge is 0.158 e. The third kappa shape index (κ3) is 2.36. The quantitative estimate of drug-likeness (QED) is 0.771. The van der Waals surface area contributed by atoms with Gasteiger partial charge < -0.3 is 9.30 Å². The molecule has 116 valence electrons. The van der Waals surface area contributed by atoms with Crippen LogP contribution in [0.5, 0.6) is 0 Å². The first-order valence-electron chi connectivity index (χ1n) is 7.66. The minimum absolute atomic E-state index is 0.0364. The zero-order chi connectivity index (χ0) is 15.0. The van der Waals surface area contributed by atoms with Crippen LogP contribution >= 0.6 is 11.6 Å². The van der Waals surface area contributed by atoms with Crippen molar-refractivity contribution in [2.24, 2.45) is 7.05 Å². The summed E-state index contributed by atoms with van der Waals surface area (Å²) in [5.41, 5.74) is 3.13. The Hall–Kier alpha value is -1.07. The van der Waals surface area contributed by atoms with Crippen LogP contribution < -0.4 is 0 Å². The van der Waals surface area contributed by atoms with E-state index < -0.39 is 0 Å². The van der Waals surface area contributed by atoms with Gasteiger partial charge in [-0.25, -0.2) is 4.98 Å². The molecule has 0 amide bonds. The van der Waals surface area contributed by atoms with Gasteiger partial charge in [0, 0.05) is 26.5 Å². The molecule has 0 atom stereocenters. The molecule has 0 spiro atoms. The molecule has 21 heavy (non-hydrogen) atoms. The van der Waals surface area contributed by atoms with Gasteiger partial charge in [0.05, 0.1) is 17.8 Å². The van der Waals surface area contributed by atoms with E-state index in [9.17, 15) is 0 Å². The molecule has 0 bridgehead atoms. The molecule has 0 saturated heterocycles. The first-order chi connectivity index (χ1) is 10.1. The molecule has 3 rings (SSSR count). The minimum Gasteiger partial charge on any atom is -0.376 e. The molecule has 0 unspecified atom stereocenters. The number of aromatic nitrogens is 4. The average Bonchev–Trinajstić information content (AvgIpc) is 2.93. The fourth-order valence-corrected chi connectivity index (χ4v) is 3.42. The van der Waals surface area contributed by atoms with Crippen molar-refractivity contribution in [1.29, 1.82) is 0 Å². The van der Waals surface area contributed by atoms with Gasteiger partial charge in [-0.3, -0.25) is 4.68 Å². The molecule has 1 aliphatic rings. The summed E-state index contributed by atoms with van der Waals surface area (Å²) in [6.07, 6.45) is 5.13. The van der Waals surface area contributed by atoms with Crippen molar-refractivity contribution in [3.8, 4) is 0 Å².